The summed E-state index contributed by atoms with van der Waals surface area (Å²) >= 11 is 0. The first-order chi connectivity index (χ1) is 7.54. The van der Waals surface area contributed by atoms with Crippen molar-refractivity contribution in [3.63, 3.8) is 0 Å². The van der Waals surface area contributed by atoms with Crippen LogP contribution in [0, 0.1) is 5.41 Å². The number of rotatable bonds is 5. The molecule has 0 aliphatic rings. The molecule has 0 heterocycles. The summed E-state index contributed by atoms with van der Waals surface area (Å²) in [6.45, 7) is 1.73. The van der Waals surface area contributed by atoms with Crippen LogP contribution in [0.4, 0.5) is 0 Å². The summed E-state index contributed by atoms with van der Waals surface area (Å²) < 4.78 is 0. The van der Waals surface area contributed by atoms with E-state index in [2.05, 4.69) is 0 Å². The summed E-state index contributed by atoms with van der Waals surface area (Å²) in [6.07, 6.45) is 0.313. The van der Waals surface area contributed by atoms with E-state index in [-0.39, 0.29) is 23.8 Å². The van der Waals surface area contributed by atoms with Crippen molar-refractivity contribution >= 4 is 17.4 Å². The van der Waals surface area contributed by atoms with Gasteiger partial charge < -0.3 is 5.73 Å². The second kappa shape index (κ2) is 5.21. The van der Waals surface area contributed by atoms with E-state index in [0.29, 0.717) is 17.5 Å². The van der Waals surface area contributed by atoms with E-state index in [4.69, 9.17) is 11.1 Å². The van der Waals surface area contributed by atoms with E-state index >= 15 is 0 Å². The van der Waals surface area contributed by atoms with Crippen molar-refractivity contribution in [1.82, 2.24) is 0 Å². The summed E-state index contributed by atoms with van der Waals surface area (Å²) in [5.74, 6) is -0.300. The molecule has 4 heteroatoms. The number of carbonyl (C=O) groups is 2. The van der Waals surface area contributed by atoms with Gasteiger partial charge in [0.2, 0.25) is 0 Å². The molecule has 3 N–H and O–H groups in total. The van der Waals surface area contributed by atoms with E-state index in [1.54, 1.807) is 31.2 Å². The van der Waals surface area contributed by atoms with Gasteiger partial charge in [0.15, 0.2) is 5.78 Å². The van der Waals surface area contributed by atoms with Gasteiger partial charge in [0.1, 0.15) is 11.6 Å². The molecular formula is C12H14N2O2. The average Bonchev–Trinajstić information content (AvgIpc) is 2.28. The van der Waals surface area contributed by atoms with Crippen molar-refractivity contribution in [3.8, 4) is 0 Å². The van der Waals surface area contributed by atoms with E-state index in [1.165, 1.54) is 0 Å². The van der Waals surface area contributed by atoms with Crippen molar-refractivity contribution in [3.05, 3.63) is 35.4 Å². The molecule has 1 aromatic rings. The van der Waals surface area contributed by atoms with Gasteiger partial charge in [0, 0.05) is 17.5 Å². The number of benzene rings is 1. The maximum Gasteiger partial charge on any atom is 0.170 e. The molecule has 0 unspecified atom stereocenters. The van der Waals surface area contributed by atoms with Crippen LogP contribution in [0.3, 0.4) is 0 Å². The smallest absolute Gasteiger partial charge is 0.170 e. The van der Waals surface area contributed by atoms with Gasteiger partial charge in [0.25, 0.3) is 0 Å². The lowest BCUT2D eigenvalue weighted by atomic mass is 10.0. The number of nitrogens with two attached hydrogens (primary N) is 1. The van der Waals surface area contributed by atoms with Gasteiger partial charge in [-0.15, -0.1) is 0 Å². The van der Waals surface area contributed by atoms with Gasteiger partial charge in [-0.25, -0.2) is 0 Å². The molecule has 0 bridgehead atoms. The Labute approximate surface area is 94.0 Å². The Balaban J connectivity index is 2.78. The zero-order chi connectivity index (χ0) is 12.1. The number of carbonyl (C=O) groups excluding carboxylic acids is 2. The Hall–Kier alpha value is -1.97. The summed E-state index contributed by atoms with van der Waals surface area (Å²) in [5.41, 5.74) is 6.33. The third kappa shape index (κ3) is 3.02. The molecule has 0 aromatic heterocycles. The van der Waals surface area contributed by atoms with Crippen LogP contribution in [-0.2, 0) is 4.79 Å². The fraction of sp³-hybridized carbons (Fsp3) is 0.250. The second-order valence-corrected chi connectivity index (χ2v) is 3.48. The number of hydrogen-bond acceptors (Lipinski definition) is 3. The number of ketones is 2. The molecular weight excluding hydrogens is 204 g/mol. The van der Waals surface area contributed by atoms with Crippen molar-refractivity contribution in [2.75, 3.05) is 0 Å². The van der Waals surface area contributed by atoms with Crippen LogP contribution < -0.4 is 5.73 Å². The van der Waals surface area contributed by atoms with Gasteiger partial charge in [-0.3, -0.25) is 15.0 Å². The van der Waals surface area contributed by atoms with E-state index in [1.807, 2.05) is 0 Å². The Bertz CT molecular complexity index is 421. The zero-order valence-corrected chi connectivity index (χ0v) is 9.12. The zero-order valence-electron chi connectivity index (χ0n) is 9.12. The minimum atomic E-state index is -0.193. The topological polar surface area (TPSA) is 84.0 Å². The quantitative estimate of drug-likeness (QED) is 0.340. The summed E-state index contributed by atoms with van der Waals surface area (Å²) in [5, 5.41) is 7.19. The highest BCUT2D eigenvalue weighted by molar-refractivity contribution is 6.08. The van der Waals surface area contributed by atoms with Crippen LogP contribution in [0.15, 0.2) is 24.3 Å². The predicted octanol–water partition coefficient (Wildman–Crippen LogP) is 1.52. The third-order valence-corrected chi connectivity index (χ3v) is 2.27. The minimum Gasteiger partial charge on any atom is -0.384 e. The Kier molecular flexibility index (Phi) is 3.94. The van der Waals surface area contributed by atoms with Crippen LogP contribution in [0.5, 0.6) is 0 Å². The van der Waals surface area contributed by atoms with Crippen LogP contribution >= 0.6 is 0 Å². The first kappa shape index (κ1) is 12.1. The maximum atomic E-state index is 11.6. The molecule has 0 atom stereocenters. The lowest BCUT2D eigenvalue weighted by Crippen LogP contribution is -2.12. The predicted molar refractivity (Wildman–Crippen MR) is 61.7 cm³/mol. The Morgan fingerprint density at radius 2 is 1.69 bits per heavy atom. The summed E-state index contributed by atoms with van der Waals surface area (Å²) in [6, 6.07) is 6.38. The van der Waals surface area contributed by atoms with Crippen molar-refractivity contribution < 1.29 is 9.59 Å². The molecule has 4 nitrogen and oxygen atoms in total. The van der Waals surface area contributed by atoms with Crippen LogP contribution in [-0.4, -0.2) is 17.4 Å². The van der Waals surface area contributed by atoms with Gasteiger partial charge in [-0.05, 0) is 0 Å². The van der Waals surface area contributed by atoms with Gasteiger partial charge >= 0.3 is 0 Å². The fourth-order valence-corrected chi connectivity index (χ4v) is 1.24. The number of nitrogens with one attached hydrogen (secondary N) is 1. The first-order valence-electron chi connectivity index (χ1n) is 5.04. The van der Waals surface area contributed by atoms with Gasteiger partial charge in [-0.1, -0.05) is 31.2 Å². The van der Waals surface area contributed by atoms with Crippen molar-refractivity contribution in [1.29, 1.82) is 5.41 Å². The molecule has 0 saturated heterocycles. The molecule has 0 radical (unpaired) electrons. The first-order valence-corrected chi connectivity index (χ1v) is 5.04. The van der Waals surface area contributed by atoms with Crippen molar-refractivity contribution in [2.45, 2.75) is 19.8 Å². The molecule has 0 aliphatic heterocycles. The minimum absolute atomic E-state index is 0.0383. The molecule has 0 amide bonds. The van der Waals surface area contributed by atoms with Gasteiger partial charge in [-0.2, -0.15) is 0 Å². The van der Waals surface area contributed by atoms with Crippen LogP contribution in [0.2, 0.25) is 0 Å². The highest BCUT2D eigenvalue weighted by Gasteiger charge is 2.10. The summed E-state index contributed by atoms with van der Waals surface area (Å²) in [7, 11) is 0. The largest absolute Gasteiger partial charge is 0.384 e. The molecule has 0 saturated carbocycles. The lowest BCUT2D eigenvalue weighted by molar-refractivity contribution is -0.117. The van der Waals surface area contributed by atoms with Crippen LogP contribution in [0.1, 0.15) is 35.7 Å². The maximum absolute atomic E-state index is 11.6. The number of nitrogen functional groups attached to an aromatic ring is 1. The Morgan fingerprint density at radius 3 is 2.12 bits per heavy atom. The van der Waals surface area contributed by atoms with E-state index in [0.717, 1.165) is 0 Å². The normalized spacial score (nSPS) is 9.81. The number of Topliss-reactive ketones (excluding diaryl/α,β-unsaturated/α-hetero) is 2. The lowest BCUT2D eigenvalue weighted by Gasteiger charge is -2.01. The fourth-order valence-electron chi connectivity index (χ4n) is 1.24. The molecule has 1 rings (SSSR count). The number of hydrogen-bond donors (Lipinski definition) is 2. The summed E-state index contributed by atoms with van der Waals surface area (Å²) in [4.78, 5) is 22.7. The second-order valence-electron chi connectivity index (χ2n) is 3.48. The van der Waals surface area contributed by atoms with Gasteiger partial charge in [0.05, 0.1) is 6.42 Å². The molecule has 84 valence electrons. The molecule has 16 heavy (non-hydrogen) atoms. The number of amidine groups is 1. The SMILES string of the molecule is CCC(=O)CC(=O)c1ccc(C(=N)N)cc1. The standard InChI is InChI=1S/C12H14N2O2/c1-2-10(15)7-11(16)8-3-5-9(6-4-8)12(13)14/h3-6H,2,7H2,1H3,(H3,13,14). The molecule has 0 aliphatic carbocycles. The molecule has 1 aromatic carbocycles. The highest BCUT2D eigenvalue weighted by atomic mass is 16.1. The average molecular weight is 218 g/mol. The van der Waals surface area contributed by atoms with E-state index < -0.39 is 0 Å². The molecule has 0 spiro atoms. The Morgan fingerprint density at radius 1 is 1.19 bits per heavy atom. The monoisotopic (exact) mass is 218 g/mol. The van der Waals surface area contributed by atoms with E-state index in [9.17, 15) is 9.59 Å². The third-order valence-electron chi connectivity index (χ3n) is 2.27. The van der Waals surface area contributed by atoms with Crippen molar-refractivity contribution in [2.24, 2.45) is 5.73 Å². The van der Waals surface area contributed by atoms with Crippen LogP contribution in [0.25, 0.3) is 0 Å². The highest BCUT2D eigenvalue weighted by Crippen LogP contribution is 2.07. The molecule has 0 fully saturated rings.